The van der Waals surface area contributed by atoms with Crippen molar-refractivity contribution in [3.05, 3.63) is 34.3 Å². The highest BCUT2D eigenvalue weighted by Gasteiger charge is 2.23. The fourth-order valence-electron chi connectivity index (χ4n) is 1.80. The predicted octanol–water partition coefficient (Wildman–Crippen LogP) is 3.66. The molecule has 1 N–H and O–H groups in total. The Labute approximate surface area is 90.7 Å². The number of rotatable bonds is 3. The molecule has 0 aliphatic rings. The van der Waals surface area contributed by atoms with Crippen molar-refractivity contribution in [2.45, 2.75) is 39.2 Å². The highest BCUT2D eigenvalue weighted by molar-refractivity contribution is 6.30. The predicted molar refractivity (Wildman–Crippen MR) is 60.7 cm³/mol. The largest absolute Gasteiger partial charge is 0.385 e. The molecular formula is C12H17ClO. The molecule has 0 amide bonds. The fraction of sp³-hybridized carbons (Fsp3) is 0.500. The minimum Gasteiger partial charge on any atom is -0.385 e. The van der Waals surface area contributed by atoms with Crippen molar-refractivity contribution in [2.24, 2.45) is 0 Å². The van der Waals surface area contributed by atoms with Gasteiger partial charge in [-0.1, -0.05) is 31.0 Å². The highest BCUT2D eigenvalue weighted by Crippen LogP contribution is 2.30. The molecule has 78 valence electrons. The molecule has 1 aromatic rings. The first-order valence-corrected chi connectivity index (χ1v) is 5.34. The molecule has 0 unspecified atom stereocenters. The third-order valence-electron chi connectivity index (χ3n) is 2.52. The van der Waals surface area contributed by atoms with Gasteiger partial charge in [0.1, 0.15) is 0 Å². The van der Waals surface area contributed by atoms with Crippen molar-refractivity contribution < 1.29 is 5.11 Å². The second-order valence-corrected chi connectivity index (χ2v) is 4.42. The van der Waals surface area contributed by atoms with Crippen LogP contribution in [0.25, 0.3) is 0 Å². The number of halogens is 1. The van der Waals surface area contributed by atoms with E-state index in [1.807, 2.05) is 32.0 Å². The monoisotopic (exact) mass is 212 g/mol. The molecule has 0 aromatic heterocycles. The van der Waals surface area contributed by atoms with E-state index in [1.54, 1.807) is 0 Å². The average molecular weight is 213 g/mol. The number of hydrogen-bond donors (Lipinski definition) is 1. The smallest absolute Gasteiger partial charge is 0.0871 e. The molecule has 0 spiro atoms. The maximum atomic E-state index is 10.2. The van der Waals surface area contributed by atoms with E-state index >= 15 is 0 Å². The van der Waals surface area contributed by atoms with Gasteiger partial charge in [0.05, 0.1) is 5.60 Å². The molecule has 1 rings (SSSR count). The van der Waals surface area contributed by atoms with Crippen molar-refractivity contribution in [3.63, 3.8) is 0 Å². The van der Waals surface area contributed by atoms with Crippen LogP contribution in [-0.2, 0) is 5.60 Å². The first-order valence-electron chi connectivity index (χ1n) is 4.96. The van der Waals surface area contributed by atoms with Gasteiger partial charge >= 0.3 is 0 Å². The molecular weight excluding hydrogens is 196 g/mol. The van der Waals surface area contributed by atoms with Crippen LogP contribution < -0.4 is 0 Å². The topological polar surface area (TPSA) is 20.2 Å². The van der Waals surface area contributed by atoms with Crippen molar-refractivity contribution >= 4 is 11.6 Å². The van der Waals surface area contributed by atoms with Crippen LogP contribution in [0.2, 0.25) is 5.02 Å². The Morgan fingerprint density at radius 3 is 2.64 bits per heavy atom. The van der Waals surface area contributed by atoms with Crippen LogP contribution in [0.3, 0.4) is 0 Å². The zero-order valence-corrected chi connectivity index (χ0v) is 9.73. The Morgan fingerprint density at radius 2 is 2.07 bits per heavy atom. The molecule has 1 atom stereocenters. The maximum Gasteiger partial charge on any atom is 0.0871 e. The molecule has 0 fully saturated rings. The van der Waals surface area contributed by atoms with Gasteiger partial charge in [0, 0.05) is 5.02 Å². The minimum atomic E-state index is -0.760. The van der Waals surface area contributed by atoms with Crippen molar-refractivity contribution in [1.29, 1.82) is 0 Å². The summed E-state index contributed by atoms with van der Waals surface area (Å²) in [6.45, 7) is 5.90. The third-order valence-corrected chi connectivity index (χ3v) is 2.75. The minimum absolute atomic E-state index is 0.682. The number of benzene rings is 1. The molecule has 0 saturated heterocycles. The van der Waals surface area contributed by atoms with Gasteiger partial charge in [-0.05, 0) is 43.5 Å². The summed E-state index contributed by atoms with van der Waals surface area (Å²) in [5, 5.41) is 10.9. The summed E-state index contributed by atoms with van der Waals surface area (Å²) >= 11 is 5.91. The quantitative estimate of drug-likeness (QED) is 0.811. The first-order chi connectivity index (χ1) is 6.47. The standard InChI is InChI=1S/C12H17ClO/c1-4-7-12(3,14)11-8-10(13)6-5-9(11)2/h5-6,8,14H,4,7H2,1-3H3/t12-/m1/s1. The van der Waals surface area contributed by atoms with Crippen LogP contribution in [0.15, 0.2) is 18.2 Å². The van der Waals surface area contributed by atoms with E-state index in [0.717, 1.165) is 24.0 Å². The summed E-state index contributed by atoms with van der Waals surface area (Å²) in [6.07, 6.45) is 1.72. The lowest BCUT2D eigenvalue weighted by atomic mass is 9.88. The number of aliphatic hydroxyl groups is 1. The average Bonchev–Trinajstić information content (AvgIpc) is 2.09. The van der Waals surface area contributed by atoms with Crippen molar-refractivity contribution in [3.8, 4) is 0 Å². The van der Waals surface area contributed by atoms with Crippen LogP contribution in [-0.4, -0.2) is 5.11 Å². The fourth-order valence-corrected chi connectivity index (χ4v) is 1.97. The molecule has 0 radical (unpaired) electrons. The van der Waals surface area contributed by atoms with E-state index in [2.05, 4.69) is 6.92 Å². The Kier molecular flexibility index (Phi) is 3.57. The molecule has 1 nitrogen and oxygen atoms in total. The molecule has 2 heteroatoms. The van der Waals surface area contributed by atoms with E-state index in [-0.39, 0.29) is 0 Å². The SMILES string of the molecule is CCC[C@@](C)(O)c1cc(Cl)ccc1C. The summed E-state index contributed by atoms with van der Waals surface area (Å²) in [4.78, 5) is 0. The van der Waals surface area contributed by atoms with Gasteiger partial charge in [-0.3, -0.25) is 0 Å². The lowest BCUT2D eigenvalue weighted by Gasteiger charge is -2.25. The Balaban J connectivity index is 3.10. The van der Waals surface area contributed by atoms with Gasteiger partial charge < -0.3 is 5.11 Å². The lowest BCUT2D eigenvalue weighted by molar-refractivity contribution is 0.0463. The second-order valence-electron chi connectivity index (χ2n) is 3.98. The van der Waals surface area contributed by atoms with Crippen LogP contribution in [0.4, 0.5) is 0 Å². The summed E-state index contributed by atoms with van der Waals surface area (Å²) in [7, 11) is 0. The number of aryl methyl sites for hydroxylation is 1. The van der Waals surface area contributed by atoms with E-state index in [4.69, 9.17) is 11.6 Å². The Bertz CT molecular complexity index is 318. The molecule has 0 bridgehead atoms. The van der Waals surface area contributed by atoms with E-state index in [9.17, 15) is 5.11 Å². The molecule has 0 heterocycles. The zero-order valence-electron chi connectivity index (χ0n) is 8.97. The lowest BCUT2D eigenvalue weighted by Crippen LogP contribution is -2.21. The maximum absolute atomic E-state index is 10.2. The van der Waals surface area contributed by atoms with Gasteiger partial charge in [0.25, 0.3) is 0 Å². The van der Waals surface area contributed by atoms with Crippen LogP contribution in [0, 0.1) is 6.92 Å². The van der Waals surface area contributed by atoms with E-state index < -0.39 is 5.60 Å². The normalized spacial score (nSPS) is 15.2. The van der Waals surface area contributed by atoms with Crippen LogP contribution >= 0.6 is 11.6 Å². The second kappa shape index (κ2) is 4.33. The molecule has 14 heavy (non-hydrogen) atoms. The Hall–Kier alpha value is -0.530. The van der Waals surface area contributed by atoms with Crippen LogP contribution in [0.1, 0.15) is 37.8 Å². The van der Waals surface area contributed by atoms with Crippen molar-refractivity contribution in [2.75, 3.05) is 0 Å². The van der Waals surface area contributed by atoms with E-state index in [1.165, 1.54) is 0 Å². The van der Waals surface area contributed by atoms with Gasteiger partial charge in [0.15, 0.2) is 0 Å². The summed E-state index contributed by atoms with van der Waals surface area (Å²) in [6, 6.07) is 5.65. The molecule has 0 aliphatic heterocycles. The highest BCUT2D eigenvalue weighted by atomic mass is 35.5. The van der Waals surface area contributed by atoms with Crippen LogP contribution in [0.5, 0.6) is 0 Å². The number of hydrogen-bond acceptors (Lipinski definition) is 1. The Morgan fingerprint density at radius 1 is 1.43 bits per heavy atom. The first kappa shape index (κ1) is 11.5. The summed E-state index contributed by atoms with van der Waals surface area (Å²) < 4.78 is 0. The van der Waals surface area contributed by atoms with Gasteiger partial charge in [-0.2, -0.15) is 0 Å². The summed E-state index contributed by atoms with van der Waals surface area (Å²) in [5.41, 5.74) is 1.27. The van der Waals surface area contributed by atoms with Gasteiger partial charge in [0.2, 0.25) is 0 Å². The van der Waals surface area contributed by atoms with E-state index in [0.29, 0.717) is 5.02 Å². The van der Waals surface area contributed by atoms with Gasteiger partial charge in [-0.25, -0.2) is 0 Å². The van der Waals surface area contributed by atoms with Gasteiger partial charge in [-0.15, -0.1) is 0 Å². The molecule has 0 aliphatic carbocycles. The third kappa shape index (κ3) is 2.49. The summed E-state index contributed by atoms with van der Waals surface area (Å²) in [5.74, 6) is 0. The molecule has 1 aromatic carbocycles. The van der Waals surface area contributed by atoms with Crippen molar-refractivity contribution in [1.82, 2.24) is 0 Å². The zero-order chi connectivity index (χ0) is 10.8. The molecule has 0 saturated carbocycles.